The second kappa shape index (κ2) is 57.0. The fraction of sp³-hybridized carbons (Fsp3) is 0.935. The van der Waals surface area contributed by atoms with E-state index >= 15 is 0 Å². The molecule has 6 fully saturated rings. The molecule has 6 saturated heterocycles. The van der Waals surface area contributed by atoms with Crippen molar-refractivity contribution in [2.75, 3.05) is 46.2 Å². The van der Waals surface area contributed by atoms with Crippen molar-refractivity contribution in [3.8, 4) is 0 Å². The van der Waals surface area contributed by atoms with Crippen molar-refractivity contribution in [1.29, 1.82) is 0 Å². The molecule has 3 radical (unpaired) electrons. The van der Waals surface area contributed by atoms with Crippen LogP contribution in [0.2, 0.25) is 0 Å². The van der Waals surface area contributed by atoms with E-state index in [-0.39, 0.29) is 142 Å². The summed E-state index contributed by atoms with van der Waals surface area (Å²) >= 11 is 0. The van der Waals surface area contributed by atoms with E-state index in [0.29, 0.717) is 0 Å². The first-order valence-corrected chi connectivity index (χ1v) is 31.3. The Balaban J connectivity index is -0.00000120. The SMILES string of the molecule is C.C.C.C.C.CCC(NC(C)=O)[C@H](O)[C@@H](O[C@@H]1OC(CO)[C@H](O[C@@H]2OC(CO[C@@H]3OC(CO[C@@H]4OC(CO)[C@@H](O)[C@@H](O)C4O)[C@@H](O)[C@H](O[C@@H]4OC(CO)[C@@H](O)[C@@H](O)C4O)C3O)[C@@H](O)[C@H](O[C@@H]3OC(CO)[C@@H](O)[C@@H](O)C3O)C2O)[C@@H](O)C1NC(C)=O)C(O)CO.CCCC.[CH2-]CC.[CH2-]CC.[Y].[Y].[Y]. The zero-order valence-electron chi connectivity index (χ0n) is 55.4. The van der Waals surface area contributed by atoms with Gasteiger partial charge in [0.05, 0.1) is 52.3 Å². The number of hydrogen-bond acceptors (Lipinski definition) is 35. The summed E-state index contributed by atoms with van der Waals surface area (Å²) in [5.41, 5.74) is 0. The fourth-order valence-corrected chi connectivity index (χ4v) is 10.4. The molecule has 6 rings (SSSR count). The van der Waals surface area contributed by atoms with Crippen LogP contribution in [0.15, 0.2) is 0 Å². The average molecular weight is 1730 g/mol. The third-order valence-electron chi connectivity index (χ3n) is 15.7. The molecule has 0 aromatic heterocycles. The Hall–Kier alpha value is 0.932. The van der Waals surface area contributed by atoms with Crippen molar-refractivity contribution in [2.24, 2.45) is 0 Å². The smallest absolute Gasteiger partial charge is 0.217 e. The normalized spacial score (nSPS) is 38.8. The number of aliphatic hydroxyl groups is 21. The minimum absolute atomic E-state index is 0. The number of nitrogens with one attached hydrogen (secondary N) is 2. The quantitative estimate of drug-likeness (QED) is 0.0358. The molecule has 0 bridgehead atoms. The molecule has 0 aromatic rings. The fourth-order valence-electron chi connectivity index (χ4n) is 10.4. The first-order chi connectivity index (χ1) is 44.4. The number of ether oxygens (including phenoxy) is 12. The van der Waals surface area contributed by atoms with E-state index in [9.17, 15) is 117 Å². The Labute approximate surface area is 675 Å². The topological polar surface area (TPSA) is 594 Å². The minimum Gasteiger partial charge on any atom is -0.394 e. The monoisotopic (exact) mass is 1730 g/mol. The first-order valence-electron chi connectivity index (χ1n) is 31.3. The van der Waals surface area contributed by atoms with Crippen molar-refractivity contribution in [3.63, 3.8) is 0 Å². The molecule has 0 aliphatic carbocycles. The summed E-state index contributed by atoms with van der Waals surface area (Å²) in [6.07, 6.45) is -58.9. The van der Waals surface area contributed by atoms with Crippen LogP contribution >= 0.6 is 0 Å². The van der Waals surface area contributed by atoms with Crippen molar-refractivity contribution in [3.05, 3.63) is 13.8 Å². The molecule has 0 saturated carbocycles. The Bertz CT molecular complexity index is 2100. The van der Waals surface area contributed by atoms with Crippen LogP contribution in [0.5, 0.6) is 0 Å². The summed E-state index contributed by atoms with van der Waals surface area (Å²) in [6, 6.07) is -2.92. The number of carbonyl (C=O) groups is 2. The van der Waals surface area contributed by atoms with Crippen LogP contribution in [0.1, 0.15) is 118 Å². The first kappa shape index (κ1) is 114. The van der Waals surface area contributed by atoms with Crippen LogP contribution in [0.3, 0.4) is 0 Å². The zero-order valence-corrected chi connectivity index (χ0v) is 63.9. The maximum Gasteiger partial charge on any atom is 0.217 e. The summed E-state index contributed by atoms with van der Waals surface area (Å²) in [5.74, 6) is -1.47. The van der Waals surface area contributed by atoms with E-state index in [1.54, 1.807) is 6.92 Å². The van der Waals surface area contributed by atoms with Crippen molar-refractivity contribution < 1.29 is 272 Å². The van der Waals surface area contributed by atoms with E-state index in [4.69, 9.17) is 56.8 Å². The molecule has 14 unspecified atom stereocenters. The third kappa shape index (κ3) is 31.1. The molecule has 23 N–H and O–H groups in total. The van der Waals surface area contributed by atoms with Gasteiger partial charge < -0.3 is 189 Å². The van der Waals surface area contributed by atoms with Crippen molar-refractivity contribution in [2.45, 2.75) is 326 Å². The molecule has 6 aliphatic heterocycles. The van der Waals surface area contributed by atoms with Gasteiger partial charge in [-0.1, -0.05) is 84.6 Å². The largest absolute Gasteiger partial charge is 0.394 e. The van der Waals surface area contributed by atoms with Gasteiger partial charge in [0, 0.05) is 112 Å². The van der Waals surface area contributed by atoms with Gasteiger partial charge in [0.1, 0.15) is 165 Å². The standard InChI is InChI=1S/C47H82N2O35.C4H10.2C3H7.5CH4.3Y/c1-4-14(48-12(2)55)23(58)38(15(57)5-50)81-42-22(49-13(3)56)29(64)39(19(9-54)78-42)82-47-37(72)41(84-46-35(70)32(67)26(61)18(8-53)77-46)28(63)21(80-47)11-74-44-36(71)40(83-45-34(69)31(66)25(60)17(7-52)76-45)27(62)20(79-44)10-73-43-33(68)30(65)24(59)16(6-51)75-43;1-3-4-2;2*1-3-2;;;;;;;;/h14-47,50-54,57-72H,4-11H2,1-3H3,(H,48,55)(H,49,56);3-4H2,1-2H3;2*1,3H2,2H3;5*1H4;;;/q;;2*-1;;;;;;;;/t14?,15?,16?,17?,18?,19?,20?,21?,22?,23-,24+,25+,26+,27+,28+,29-,30+,31+,32+,33?,34?,35?,36?,37?,38-,39-,40-,41-,42-,43+,44+,45-,46-,47-;;;;;;;;;;;/m0.........../s1. The molecular formula is C62H126N2O35Y3-2. The maximum absolute atomic E-state index is 12.7. The van der Waals surface area contributed by atoms with Crippen LogP contribution in [-0.2, 0) is 165 Å². The van der Waals surface area contributed by atoms with Gasteiger partial charge in [-0.3, -0.25) is 9.59 Å². The molecule has 6 heterocycles. The van der Waals surface area contributed by atoms with Gasteiger partial charge in [0.25, 0.3) is 0 Å². The summed E-state index contributed by atoms with van der Waals surface area (Å²) < 4.78 is 68.9. The molecule has 40 heteroatoms. The van der Waals surface area contributed by atoms with Crippen LogP contribution in [0.4, 0.5) is 0 Å². The molecule has 6 aliphatic rings. The Morgan fingerprint density at radius 2 is 0.725 bits per heavy atom. The molecule has 37 nitrogen and oxygen atoms in total. The molecule has 0 aromatic carbocycles. The maximum atomic E-state index is 12.7. The summed E-state index contributed by atoms with van der Waals surface area (Å²) in [7, 11) is 0. The van der Waals surface area contributed by atoms with E-state index in [1.807, 2.05) is 13.8 Å². The molecule has 102 heavy (non-hydrogen) atoms. The van der Waals surface area contributed by atoms with E-state index in [1.165, 1.54) is 12.8 Å². The Morgan fingerprint density at radius 1 is 0.412 bits per heavy atom. The Kier molecular flexibility index (Phi) is 63.6. The van der Waals surface area contributed by atoms with Gasteiger partial charge in [0.2, 0.25) is 11.8 Å². The third-order valence-corrected chi connectivity index (χ3v) is 15.7. The van der Waals surface area contributed by atoms with Crippen molar-refractivity contribution in [1.82, 2.24) is 10.6 Å². The predicted octanol–water partition coefficient (Wildman–Crippen LogP) is -7.49. The number of aliphatic hydroxyl groups excluding tert-OH is 21. The Morgan fingerprint density at radius 3 is 1.07 bits per heavy atom. The predicted molar refractivity (Wildman–Crippen MR) is 346 cm³/mol. The van der Waals surface area contributed by atoms with E-state index < -0.39 is 267 Å². The van der Waals surface area contributed by atoms with Gasteiger partial charge in [0.15, 0.2) is 37.7 Å². The minimum atomic E-state index is -2.34. The number of rotatable bonds is 26. The number of amides is 2. The molecule has 605 valence electrons. The summed E-state index contributed by atoms with van der Waals surface area (Å²) in [6.45, 7) is 12.1. The summed E-state index contributed by atoms with van der Waals surface area (Å²) in [4.78, 5) is 24.6. The molecule has 2 amide bonds. The molecule has 34 atom stereocenters. The van der Waals surface area contributed by atoms with Gasteiger partial charge in [-0.15, -0.1) is 0 Å². The van der Waals surface area contributed by atoms with Crippen molar-refractivity contribution >= 4 is 11.8 Å². The number of unbranched alkanes of at least 4 members (excludes halogenated alkanes) is 1. The van der Waals surface area contributed by atoms with Gasteiger partial charge in [-0.2, -0.15) is 12.8 Å². The van der Waals surface area contributed by atoms with Gasteiger partial charge in [-0.25, -0.2) is 0 Å². The van der Waals surface area contributed by atoms with Crippen LogP contribution in [-0.4, -0.2) is 374 Å². The van der Waals surface area contributed by atoms with Crippen LogP contribution < -0.4 is 10.6 Å². The average Bonchev–Trinajstić information content (AvgIpc) is 0.774. The van der Waals surface area contributed by atoms with Crippen LogP contribution in [0, 0.1) is 13.8 Å². The van der Waals surface area contributed by atoms with Crippen LogP contribution in [0.25, 0.3) is 0 Å². The van der Waals surface area contributed by atoms with E-state index in [2.05, 4.69) is 38.3 Å². The van der Waals surface area contributed by atoms with Gasteiger partial charge in [-0.05, 0) is 6.42 Å². The van der Waals surface area contributed by atoms with E-state index in [0.717, 1.165) is 26.7 Å². The molecule has 0 spiro atoms. The molecular weight excluding hydrogens is 1600 g/mol. The number of carbonyl (C=O) groups excluding carboxylic acids is 2. The zero-order chi connectivity index (χ0) is 71.2. The summed E-state index contributed by atoms with van der Waals surface area (Å²) in [5, 5.41) is 231. The van der Waals surface area contributed by atoms with Gasteiger partial charge >= 0.3 is 0 Å². The second-order valence-corrected chi connectivity index (χ2v) is 23.1. The number of hydrogen-bond donors (Lipinski definition) is 23. The second-order valence-electron chi connectivity index (χ2n) is 23.1.